The van der Waals surface area contributed by atoms with Crippen molar-refractivity contribution in [2.45, 2.75) is 38.2 Å². The molecule has 1 aliphatic heterocycles. The van der Waals surface area contributed by atoms with E-state index in [1.165, 1.54) is 4.31 Å². The van der Waals surface area contributed by atoms with Crippen LogP contribution in [0.2, 0.25) is 0 Å². The number of aryl methyl sites for hydroxylation is 2. The number of nitrogens with zero attached hydrogens (tertiary/aromatic N) is 1. The molecular weight excluding hydrogens is 276 g/mol. The van der Waals surface area contributed by atoms with Gasteiger partial charge in [0.1, 0.15) is 4.90 Å². The number of nitrogen functional groups attached to an aromatic ring is 1. The van der Waals surface area contributed by atoms with Gasteiger partial charge in [-0.25, -0.2) is 8.42 Å². The molecule has 1 aromatic rings. The zero-order valence-corrected chi connectivity index (χ0v) is 13.0. The molecule has 2 rings (SSSR count). The van der Waals surface area contributed by atoms with E-state index >= 15 is 0 Å². The number of hydrogen-bond acceptors (Lipinski definition) is 4. The smallest absolute Gasteiger partial charge is 0.245 e. The minimum absolute atomic E-state index is 0.0972. The van der Waals surface area contributed by atoms with Crippen molar-refractivity contribution >= 4 is 15.7 Å². The monoisotopic (exact) mass is 298 g/mol. The number of rotatable bonds is 2. The lowest BCUT2D eigenvalue weighted by atomic mass is 10.1. The van der Waals surface area contributed by atoms with Gasteiger partial charge in [0, 0.05) is 19.7 Å². The van der Waals surface area contributed by atoms with E-state index in [0.717, 1.165) is 11.1 Å². The quantitative estimate of drug-likeness (QED) is 0.843. The first-order valence-electron chi connectivity index (χ1n) is 6.81. The molecule has 1 unspecified atom stereocenters. The van der Waals surface area contributed by atoms with Gasteiger partial charge < -0.3 is 10.5 Å². The standard InChI is InChI=1S/C14H22N2O3S/c1-10-7-13(15)14(8-11(10)2)20(17,18)16-5-4-6-19-12(3)9-16/h7-8,12H,4-6,9,15H2,1-3H3. The first kappa shape index (κ1) is 15.3. The lowest BCUT2D eigenvalue weighted by molar-refractivity contribution is 0.0752. The van der Waals surface area contributed by atoms with Crippen LogP contribution in [0.3, 0.4) is 0 Å². The molecule has 0 aromatic heterocycles. The molecule has 6 heteroatoms. The summed E-state index contributed by atoms with van der Waals surface area (Å²) in [7, 11) is -3.56. The van der Waals surface area contributed by atoms with Gasteiger partial charge in [-0.15, -0.1) is 0 Å². The summed E-state index contributed by atoms with van der Waals surface area (Å²) < 4.78 is 32.5. The second kappa shape index (κ2) is 5.71. The van der Waals surface area contributed by atoms with Gasteiger partial charge in [0.05, 0.1) is 11.8 Å². The molecule has 1 aromatic carbocycles. The van der Waals surface area contributed by atoms with Gasteiger partial charge in [0.2, 0.25) is 10.0 Å². The van der Waals surface area contributed by atoms with Crippen LogP contribution in [0.25, 0.3) is 0 Å². The number of hydrogen-bond donors (Lipinski definition) is 1. The van der Waals surface area contributed by atoms with Crippen molar-refractivity contribution in [1.82, 2.24) is 4.31 Å². The van der Waals surface area contributed by atoms with E-state index in [4.69, 9.17) is 10.5 Å². The topological polar surface area (TPSA) is 72.6 Å². The van der Waals surface area contributed by atoms with Crippen LogP contribution in [0.4, 0.5) is 5.69 Å². The summed E-state index contributed by atoms with van der Waals surface area (Å²) in [6.07, 6.45) is 0.606. The van der Waals surface area contributed by atoms with Crippen molar-refractivity contribution in [2.75, 3.05) is 25.4 Å². The average Bonchev–Trinajstić information content (AvgIpc) is 2.58. The van der Waals surface area contributed by atoms with Crippen LogP contribution in [0.5, 0.6) is 0 Å². The van der Waals surface area contributed by atoms with Crippen molar-refractivity contribution in [1.29, 1.82) is 0 Å². The Morgan fingerprint density at radius 1 is 1.30 bits per heavy atom. The fourth-order valence-corrected chi connectivity index (χ4v) is 4.09. The lowest BCUT2D eigenvalue weighted by Crippen LogP contribution is -2.36. The molecule has 0 radical (unpaired) electrons. The van der Waals surface area contributed by atoms with Gasteiger partial charge in [-0.3, -0.25) is 0 Å². The Labute approximate surface area is 120 Å². The maximum absolute atomic E-state index is 12.8. The Hall–Kier alpha value is -1.11. The SMILES string of the molecule is Cc1cc(N)c(S(=O)(=O)N2CCCOC(C)C2)cc1C. The third-order valence-electron chi connectivity index (χ3n) is 3.66. The van der Waals surface area contributed by atoms with Gasteiger partial charge in [-0.2, -0.15) is 4.31 Å². The van der Waals surface area contributed by atoms with Gasteiger partial charge in [-0.05, 0) is 50.5 Å². The predicted octanol–water partition coefficient (Wildman–Crippen LogP) is 1.69. The van der Waals surface area contributed by atoms with E-state index in [9.17, 15) is 8.42 Å². The molecule has 20 heavy (non-hydrogen) atoms. The van der Waals surface area contributed by atoms with E-state index in [1.54, 1.807) is 12.1 Å². The largest absolute Gasteiger partial charge is 0.398 e. The molecule has 1 atom stereocenters. The molecule has 1 aliphatic rings. The molecule has 5 nitrogen and oxygen atoms in total. The minimum Gasteiger partial charge on any atom is -0.398 e. The molecule has 0 bridgehead atoms. The van der Waals surface area contributed by atoms with E-state index < -0.39 is 10.0 Å². The highest BCUT2D eigenvalue weighted by Gasteiger charge is 2.29. The van der Waals surface area contributed by atoms with Crippen LogP contribution >= 0.6 is 0 Å². The van der Waals surface area contributed by atoms with Crippen LogP contribution in [-0.4, -0.2) is 38.5 Å². The molecular formula is C14H22N2O3S. The van der Waals surface area contributed by atoms with Gasteiger partial charge in [0.25, 0.3) is 0 Å². The van der Waals surface area contributed by atoms with Crippen LogP contribution in [0, 0.1) is 13.8 Å². The van der Waals surface area contributed by atoms with E-state index in [2.05, 4.69) is 0 Å². The van der Waals surface area contributed by atoms with Crippen LogP contribution in [-0.2, 0) is 14.8 Å². The number of anilines is 1. The highest BCUT2D eigenvalue weighted by atomic mass is 32.2. The van der Waals surface area contributed by atoms with Crippen LogP contribution < -0.4 is 5.73 Å². The van der Waals surface area contributed by atoms with Crippen LogP contribution in [0.1, 0.15) is 24.5 Å². The zero-order valence-electron chi connectivity index (χ0n) is 12.2. The van der Waals surface area contributed by atoms with Crippen molar-refractivity contribution in [2.24, 2.45) is 0 Å². The summed E-state index contributed by atoms with van der Waals surface area (Å²) in [5, 5.41) is 0. The first-order valence-corrected chi connectivity index (χ1v) is 8.25. The van der Waals surface area contributed by atoms with E-state index in [-0.39, 0.29) is 11.0 Å². The van der Waals surface area contributed by atoms with Gasteiger partial charge >= 0.3 is 0 Å². The maximum Gasteiger partial charge on any atom is 0.245 e. The number of sulfonamides is 1. The molecule has 2 N–H and O–H groups in total. The van der Waals surface area contributed by atoms with Crippen LogP contribution in [0.15, 0.2) is 17.0 Å². The summed E-state index contributed by atoms with van der Waals surface area (Å²) in [6.45, 7) is 7.13. The third-order valence-corrected chi connectivity index (χ3v) is 5.58. The summed E-state index contributed by atoms with van der Waals surface area (Å²) in [5.74, 6) is 0. The summed E-state index contributed by atoms with van der Waals surface area (Å²) in [6, 6.07) is 3.39. The lowest BCUT2D eigenvalue weighted by Gasteiger charge is -2.23. The first-order chi connectivity index (χ1) is 9.32. The maximum atomic E-state index is 12.8. The normalized spacial score (nSPS) is 21.6. The Kier molecular flexibility index (Phi) is 4.36. The van der Waals surface area contributed by atoms with Gasteiger partial charge in [-0.1, -0.05) is 0 Å². The Bertz CT molecular complexity index is 599. The molecule has 0 amide bonds. The summed E-state index contributed by atoms with van der Waals surface area (Å²) in [4.78, 5) is 0.203. The van der Waals surface area contributed by atoms with E-state index in [0.29, 0.717) is 31.8 Å². The molecule has 0 spiro atoms. The molecule has 1 heterocycles. The summed E-state index contributed by atoms with van der Waals surface area (Å²) >= 11 is 0. The fourth-order valence-electron chi connectivity index (χ4n) is 2.35. The van der Waals surface area contributed by atoms with Crippen molar-refractivity contribution < 1.29 is 13.2 Å². The zero-order chi connectivity index (χ0) is 14.9. The number of benzene rings is 1. The van der Waals surface area contributed by atoms with E-state index in [1.807, 2.05) is 20.8 Å². The van der Waals surface area contributed by atoms with Gasteiger partial charge in [0.15, 0.2) is 0 Å². The minimum atomic E-state index is -3.56. The summed E-state index contributed by atoms with van der Waals surface area (Å²) in [5.41, 5.74) is 8.15. The second-order valence-electron chi connectivity index (χ2n) is 5.37. The Morgan fingerprint density at radius 3 is 2.65 bits per heavy atom. The highest BCUT2D eigenvalue weighted by molar-refractivity contribution is 7.89. The molecule has 1 fully saturated rings. The molecule has 1 saturated heterocycles. The highest BCUT2D eigenvalue weighted by Crippen LogP contribution is 2.26. The molecule has 0 saturated carbocycles. The average molecular weight is 298 g/mol. The third kappa shape index (κ3) is 2.97. The second-order valence-corrected chi connectivity index (χ2v) is 7.28. The number of ether oxygens (including phenoxy) is 1. The van der Waals surface area contributed by atoms with Crippen molar-refractivity contribution in [3.05, 3.63) is 23.3 Å². The molecule has 0 aliphatic carbocycles. The van der Waals surface area contributed by atoms with Crippen molar-refractivity contribution in [3.63, 3.8) is 0 Å². The fraction of sp³-hybridized carbons (Fsp3) is 0.571. The van der Waals surface area contributed by atoms with Crippen molar-refractivity contribution in [3.8, 4) is 0 Å². The predicted molar refractivity (Wildman–Crippen MR) is 79.1 cm³/mol. The Morgan fingerprint density at radius 2 is 1.95 bits per heavy atom. The molecule has 112 valence electrons. The number of nitrogens with two attached hydrogens (primary N) is 1. The Balaban J connectivity index is 2.41.